The molecule has 0 aliphatic carbocycles. The van der Waals surface area contributed by atoms with Gasteiger partial charge in [0.15, 0.2) is 0 Å². The van der Waals surface area contributed by atoms with Gasteiger partial charge in [-0.05, 0) is 37.3 Å². The van der Waals surface area contributed by atoms with Crippen LogP contribution in [-0.4, -0.2) is 35.1 Å². The second kappa shape index (κ2) is 5.46. The molecule has 3 nitrogen and oxygen atoms in total. The zero-order valence-corrected chi connectivity index (χ0v) is 10.1. The Balaban J connectivity index is 1.96. The lowest BCUT2D eigenvalue weighted by atomic mass is 9.99. The van der Waals surface area contributed by atoms with E-state index in [1.54, 1.807) is 11.3 Å². The van der Waals surface area contributed by atoms with E-state index in [1.165, 1.54) is 11.3 Å². The van der Waals surface area contributed by atoms with Crippen molar-refractivity contribution in [3.63, 3.8) is 0 Å². The van der Waals surface area contributed by atoms with E-state index in [0.29, 0.717) is 6.04 Å². The Hall–Kier alpha value is -0.870. The molecular formula is C12H17NO2S. The second-order valence-corrected chi connectivity index (χ2v) is 5.33. The van der Waals surface area contributed by atoms with Gasteiger partial charge in [-0.1, -0.05) is 12.5 Å². The van der Waals surface area contributed by atoms with Crippen molar-refractivity contribution in [2.24, 2.45) is 0 Å². The Morgan fingerprint density at radius 2 is 2.44 bits per heavy atom. The first kappa shape index (κ1) is 11.6. The molecule has 88 valence electrons. The van der Waals surface area contributed by atoms with Gasteiger partial charge < -0.3 is 5.11 Å². The number of piperidine rings is 1. The largest absolute Gasteiger partial charge is 0.480 e. The molecule has 2 heterocycles. The molecule has 1 unspecified atom stereocenters. The van der Waals surface area contributed by atoms with Crippen LogP contribution in [0.2, 0.25) is 0 Å². The standard InChI is InChI=1S/C12H17NO2S/c14-12(15)9-13-6-2-1-4-10(13)8-11-5-3-7-16-11/h3,5,7,10H,1-2,4,6,8-9H2,(H,14,15). The summed E-state index contributed by atoms with van der Waals surface area (Å²) in [5.41, 5.74) is 0. The van der Waals surface area contributed by atoms with Crippen LogP contribution in [0.15, 0.2) is 17.5 Å². The summed E-state index contributed by atoms with van der Waals surface area (Å²) in [5, 5.41) is 11.0. The number of nitrogens with zero attached hydrogens (tertiary/aromatic N) is 1. The first-order chi connectivity index (χ1) is 7.75. The summed E-state index contributed by atoms with van der Waals surface area (Å²) in [7, 11) is 0. The smallest absolute Gasteiger partial charge is 0.317 e. The molecule has 1 fully saturated rings. The minimum absolute atomic E-state index is 0.191. The van der Waals surface area contributed by atoms with Crippen LogP contribution in [0.1, 0.15) is 24.1 Å². The normalized spacial score (nSPS) is 22.1. The molecule has 0 amide bonds. The molecule has 4 heteroatoms. The summed E-state index contributed by atoms with van der Waals surface area (Å²) < 4.78 is 0. The van der Waals surface area contributed by atoms with Crippen LogP contribution in [0.5, 0.6) is 0 Å². The predicted octanol–water partition coefficient (Wildman–Crippen LogP) is 2.23. The third-order valence-corrected chi connectivity index (χ3v) is 4.00. The number of hydrogen-bond donors (Lipinski definition) is 1. The Morgan fingerprint density at radius 3 is 3.12 bits per heavy atom. The maximum atomic E-state index is 10.8. The monoisotopic (exact) mass is 239 g/mol. The lowest BCUT2D eigenvalue weighted by Crippen LogP contribution is -2.43. The van der Waals surface area contributed by atoms with E-state index in [2.05, 4.69) is 22.4 Å². The van der Waals surface area contributed by atoms with Crippen LogP contribution >= 0.6 is 11.3 Å². The van der Waals surface area contributed by atoms with E-state index < -0.39 is 5.97 Å². The highest BCUT2D eigenvalue weighted by atomic mass is 32.1. The average Bonchev–Trinajstić information content (AvgIpc) is 2.73. The third-order valence-electron chi connectivity index (χ3n) is 3.10. The molecular weight excluding hydrogens is 222 g/mol. The van der Waals surface area contributed by atoms with Crippen molar-refractivity contribution < 1.29 is 9.90 Å². The molecule has 2 rings (SSSR count). The molecule has 16 heavy (non-hydrogen) atoms. The fourth-order valence-corrected chi connectivity index (χ4v) is 3.11. The van der Waals surface area contributed by atoms with Crippen molar-refractivity contribution in [2.45, 2.75) is 31.7 Å². The summed E-state index contributed by atoms with van der Waals surface area (Å²) >= 11 is 1.76. The predicted molar refractivity (Wildman–Crippen MR) is 64.9 cm³/mol. The summed E-state index contributed by atoms with van der Waals surface area (Å²) in [5.74, 6) is -0.710. The Bertz CT molecular complexity index is 337. The fraction of sp³-hybridized carbons (Fsp3) is 0.583. The Labute approximate surface area is 99.7 Å². The molecule has 0 aromatic carbocycles. The lowest BCUT2D eigenvalue weighted by Gasteiger charge is -2.34. The van der Waals surface area contributed by atoms with E-state index in [0.717, 1.165) is 25.8 Å². The number of aliphatic carboxylic acids is 1. The lowest BCUT2D eigenvalue weighted by molar-refractivity contribution is -0.139. The van der Waals surface area contributed by atoms with Crippen molar-refractivity contribution in [3.05, 3.63) is 22.4 Å². The Kier molecular flexibility index (Phi) is 3.96. The van der Waals surface area contributed by atoms with Gasteiger partial charge in [-0.3, -0.25) is 9.69 Å². The van der Waals surface area contributed by atoms with Gasteiger partial charge in [0.2, 0.25) is 0 Å². The zero-order valence-electron chi connectivity index (χ0n) is 9.26. The van der Waals surface area contributed by atoms with Crippen LogP contribution in [0.3, 0.4) is 0 Å². The molecule has 1 N–H and O–H groups in total. The van der Waals surface area contributed by atoms with Crippen molar-refractivity contribution in [3.8, 4) is 0 Å². The zero-order chi connectivity index (χ0) is 11.4. The molecule has 1 aliphatic heterocycles. The van der Waals surface area contributed by atoms with Crippen molar-refractivity contribution in [2.75, 3.05) is 13.1 Å². The minimum Gasteiger partial charge on any atom is -0.480 e. The molecule has 1 aliphatic rings. The maximum Gasteiger partial charge on any atom is 0.317 e. The number of rotatable bonds is 4. The van der Waals surface area contributed by atoms with Crippen LogP contribution < -0.4 is 0 Å². The van der Waals surface area contributed by atoms with Gasteiger partial charge in [-0.15, -0.1) is 11.3 Å². The number of carbonyl (C=O) groups is 1. The summed E-state index contributed by atoms with van der Waals surface area (Å²) in [6, 6.07) is 4.62. The molecule has 1 aromatic rings. The van der Waals surface area contributed by atoms with E-state index in [9.17, 15) is 4.79 Å². The first-order valence-corrected chi connectivity index (χ1v) is 6.62. The second-order valence-electron chi connectivity index (χ2n) is 4.30. The van der Waals surface area contributed by atoms with Gasteiger partial charge in [-0.25, -0.2) is 0 Å². The fourth-order valence-electron chi connectivity index (χ4n) is 2.33. The van der Waals surface area contributed by atoms with Crippen LogP contribution in [0.25, 0.3) is 0 Å². The third kappa shape index (κ3) is 3.06. The van der Waals surface area contributed by atoms with Gasteiger partial charge in [-0.2, -0.15) is 0 Å². The molecule has 1 saturated heterocycles. The highest BCUT2D eigenvalue weighted by Gasteiger charge is 2.24. The number of hydrogen-bond acceptors (Lipinski definition) is 3. The topological polar surface area (TPSA) is 40.5 Å². The molecule has 0 bridgehead atoms. The van der Waals surface area contributed by atoms with Gasteiger partial charge in [0, 0.05) is 10.9 Å². The molecule has 1 aromatic heterocycles. The van der Waals surface area contributed by atoms with Crippen LogP contribution in [0, 0.1) is 0 Å². The SMILES string of the molecule is O=C(O)CN1CCCCC1Cc1cccs1. The molecule has 0 radical (unpaired) electrons. The van der Waals surface area contributed by atoms with Crippen LogP contribution in [-0.2, 0) is 11.2 Å². The minimum atomic E-state index is -0.710. The van der Waals surface area contributed by atoms with E-state index in [4.69, 9.17) is 5.11 Å². The van der Waals surface area contributed by atoms with Gasteiger partial charge >= 0.3 is 5.97 Å². The highest BCUT2D eigenvalue weighted by molar-refractivity contribution is 7.09. The van der Waals surface area contributed by atoms with Crippen molar-refractivity contribution in [1.29, 1.82) is 0 Å². The van der Waals surface area contributed by atoms with E-state index >= 15 is 0 Å². The van der Waals surface area contributed by atoms with E-state index in [-0.39, 0.29) is 6.54 Å². The summed E-state index contributed by atoms with van der Waals surface area (Å²) in [6.45, 7) is 1.12. The van der Waals surface area contributed by atoms with Crippen LogP contribution in [0.4, 0.5) is 0 Å². The number of carboxylic acids is 1. The molecule has 1 atom stereocenters. The first-order valence-electron chi connectivity index (χ1n) is 5.74. The average molecular weight is 239 g/mol. The number of thiophene rings is 1. The number of likely N-dealkylation sites (tertiary alicyclic amines) is 1. The van der Waals surface area contributed by atoms with Gasteiger partial charge in [0.05, 0.1) is 6.54 Å². The van der Waals surface area contributed by atoms with E-state index in [1.807, 2.05) is 0 Å². The van der Waals surface area contributed by atoms with Gasteiger partial charge in [0.25, 0.3) is 0 Å². The Morgan fingerprint density at radius 1 is 1.56 bits per heavy atom. The summed E-state index contributed by atoms with van der Waals surface area (Å²) in [4.78, 5) is 14.3. The quantitative estimate of drug-likeness (QED) is 0.876. The molecule has 0 spiro atoms. The van der Waals surface area contributed by atoms with Gasteiger partial charge in [0.1, 0.15) is 0 Å². The van der Waals surface area contributed by atoms with Crippen molar-refractivity contribution >= 4 is 17.3 Å². The van der Waals surface area contributed by atoms with Crippen molar-refractivity contribution in [1.82, 2.24) is 4.90 Å². The molecule has 0 saturated carbocycles. The summed E-state index contributed by atoms with van der Waals surface area (Å²) in [6.07, 6.45) is 4.50. The highest BCUT2D eigenvalue weighted by Crippen LogP contribution is 2.22. The number of carboxylic acid groups (broad SMARTS) is 1. The maximum absolute atomic E-state index is 10.8.